The molecule has 0 amide bonds. The number of fused-ring (bicyclic) bond motifs is 3. The van der Waals surface area contributed by atoms with Crippen LogP contribution in [0.15, 0.2) is 54.6 Å². The molecule has 1 unspecified atom stereocenters. The Hall–Kier alpha value is -2.06. The van der Waals surface area contributed by atoms with Gasteiger partial charge in [0, 0.05) is 16.6 Å². The molecular formula is C18H18N2. The molecule has 20 heavy (non-hydrogen) atoms. The lowest BCUT2D eigenvalue weighted by Gasteiger charge is -2.24. The second-order valence-electron chi connectivity index (χ2n) is 5.51. The molecule has 2 aromatic carbocycles. The van der Waals surface area contributed by atoms with Gasteiger partial charge in [0.2, 0.25) is 0 Å². The van der Waals surface area contributed by atoms with Gasteiger partial charge in [-0.25, -0.2) is 0 Å². The minimum absolute atomic E-state index is 0.397. The standard InChI is InChI=1S/C18H18N2/c1-2-6-13(7-3-1)12-17-18-15(10-11-19-17)14-8-4-5-9-16(14)20-18/h1-9,17,19-20H,10-12H2. The summed E-state index contributed by atoms with van der Waals surface area (Å²) < 4.78 is 0. The van der Waals surface area contributed by atoms with Gasteiger partial charge in [0.1, 0.15) is 0 Å². The van der Waals surface area contributed by atoms with Crippen molar-refractivity contribution in [3.63, 3.8) is 0 Å². The fourth-order valence-corrected chi connectivity index (χ4v) is 3.29. The Morgan fingerprint density at radius 1 is 0.950 bits per heavy atom. The van der Waals surface area contributed by atoms with Crippen molar-refractivity contribution in [3.8, 4) is 0 Å². The van der Waals surface area contributed by atoms with Gasteiger partial charge in [0.15, 0.2) is 0 Å². The maximum Gasteiger partial charge on any atom is 0.0517 e. The fraction of sp³-hybridized carbons (Fsp3) is 0.222. The Morgan fingerprint density at radius 3 is 2.65 bits per heavy atom. The van der Waals surface area contributed by atoms with Crippen molar-refractivity contribution >= 4 is 10.9 Å². The molecule has 0 aliphatic carbocycles. The van der Waals surface area contributed by atoms with Crippen LogP contribution >= 0.6 is 0 Å². The number of hydrogen-bond donors (Lipinski definition) is 2. The summed E-state index contributed by atoms with van der Waals surface area (Å²) in [5, 5.41) is 5.04. The summed E-state index contributed by atoms with van der Waals surface area (Å²) in [6.45, 7) is 1.06. The summed E-state index contributed by atoms with van der Waals surface area (Å²) in [7, 11) is 0. The summed E-state index contributed by atoms with van der Waals surface area (Å²) in [4.78, 5) is 3.62. The van der Waals surface area contributed by atoms with E-state index in [9.17, 15) is 0 Å². The lowest BCUT2D eigenvalue weighted by atomic mass is 9.95. The highest BCUT2D eigenvalue weighted by Crippen LogP contribution is 2.31. The number of benzene rings is 2. The summed E-state index contributed by atoms with van der Waals surface area (Å²) in [5.41, 5.74) is 5.53. The first-order chi connectivity index (χ1) is 9.92. The first kappa shape index (κ1) is 11.7. The number of para-hydroxylation sites is 1. The van der Waals surface area contributed by atoms with Crippen LogP contribution < -0.4 is 5.32 Å². The van der Waals surface area contributed by atoms with Crippen molar-refractivity contribution in [2.45, 2.75) is 18.9 Å². The highest BCUT2D eigenvalue weighted by molar-refractivity contribution is 5.85. The zero-order valence-corrected chi connectivity index (χ0v) is 11.4. The van der Waals surface area contributed by atoms with Gasteiger partial charge >= 0.3 is 0 Å². The molecule has 0 saturated carbocycles. The van der Waals surface area contributed by atoms with Gasteiger partial charge in [-0.15, -0.1) is 0 Å². The molecule has 0 fully saturated rings. The molecule has 4 rings (SSSR count). The number of hydrogen-bond acceptors (Lipinski definition) is 1. The van der Waals surface area contributed by atoms with E-state index in [1.807, 2.05) is 0 Å². The Labute approximate surface area is 118 Å². The SMILES string of the molecule is c1ccc(CC2NCCc3c2[nH]c2ccccc32)cc1. The highest BCUT2D eigenvalue weighted by atomic mass is 15.0. The fourth-order valence-electron chi connectivity index (χ4n) is 3.29. The summed E-state index contributed by atoms with van der Waals surface area (Å²) in [6, 6.07) is 19.8. The number of aromatic nitrogens is 1. The van der Waals surface area contributed by atoms with Gasteiger partial charge < -0.3 is 10.3 Å². The molecule has 1 aromatic heterocycles. The van der Waals surface area contributed by atoms with Crippen molar-refractivity contribution in [2.75, 3.05) is 6.54 Å². The van der Waals surface area contributed by atoms with E-state index in [1.54, 1.807) is 0 Å². The quantitative estimate of drug-likeness (QED) is 0.725. The summed E-state index contributed by atoms with van der Waals surface area (Å²) in [5.74, 6) is 0. The van der Waals surface area contributed by atoms with Crippen molar-refractivity contribution in [2.24, 2.45) is 0 Å². The number of rotatable bonds is 2. The molecule has 2 heteroatoms. The molecule has 0 spiro atoms. The van der Waals surface area contributed by atoms with Crippen LogP contribution in [-0.4, -0.2) is 11.5 Å². The van der Waals surface area contributed by atoms with Gasteiger partial charge in [-0.1, -0.05) is 48.5 Å². The first-order valence-corrected chi connectivity index (χ1v) is 7.28. The Balaban J connectivity index is 1.75. The van der Waals surface area contributed by atoms with Crippen LogP contribution in [0, 0.1) is 0 Å². The second-order valence-corrected chi connectivity index (χ2v) is 5.51. The number of H-pyrrole nitrogens is 1. The molecule has 0 radical (unpaired) electrons. The van der Waals surface area contributed by atoms with E-state index in [4.69, 9.17) is 0 Å². The molecule has 2 N–H and O–H groups in total. The third kappa shape index (κ3) is 1.93. The van der Waals surface area contributed by atoms with Crippen LogP contribution in [-0.2, 0) is 12.8 Å². The van der Waals surface area contributed by atoms with Gasteiger partial charge in [0.25, 0.3) is 0 Å². The zero-order chi connectivity index (χ0) is 13.4. The highest BCUT2D eigenvalue weighted by Gasteiger charge is 2.23. The van der Waals surface area contributed by atoms with Crippen LogP contribution in [0.3, 0.4) is 0 Å². The maximum absolute atomic E-state index is 3.65. The van der Waals surface area contributed by atoms with Crippen molar-refractivity contribution in [1.82, 2.24) is 10.3 Å². The monoisotopic (exact) mass is 262 g/mol. The van der Waals surface area contributed by atoms with Crippen molar-refractivity contribution in [1.29, 1.82) is 0 Å². The third-order valence-corrected chi connectivity index (χ3v) is 4.24. The van der Waals surface area contributed by atoms with E-state index >= 15 is 0 Å². The normalized spacial score (nSPS) is 18.1. The van der Waals surface area contributed by atoms with E-state index in [1.165, 1.54) is 27.7 Å². The van der Waals surface area contributed by atoms with E-state index in [2.05, 4.69) is 64.9 Å². The minimum atomic E-state index is 0.397. The van der Waals surface area contributed by atoms with E-state index < -0.39 is 0 Å². The van der Waals surface area contributed by atoms with Gasteiger partial charge in [-0.05, 0) is 36.6 Å². The largest absolute Gasteiger partial charge is 0.357 e. The van der Waals surface area contributed by atoms with Crippen LogP contribution in [0.5, 0.6) is 0 Å². The van der Waals surface area contributed by atoms with Gasteiger partial charge in [-0.2, -0.15) is 0 Å². The van der Waals surface area contributed by atoms with E-state index in [-0.39, 0.29) is 0 Å². The second kappa shape index (κ2) is 4.80. The number of aromatic amines is 1. The van der Waals surface area contributed by atoms with Crippen LogP contribution in [0.1, 0.15) is 22.9 Å². The van der Waals surface area contributed by atoms with Crippen LogP contribution in [0.25, 0.3) is 10.9 Å². The average Bonchev–Trinajstić information content (AvgIpc) is 2.88. The molecule has 1 atom stereocenters. The Kier molecular flexibility index (Phi) is 2.82. The lowest BCUT2D eigenvalue weighted by molar-refractivity contribution is 0.495. The topological polar surface area (TPSA) is 27.8 Å². The molecule has 100 valence electrons. The van der Waals surface area contributed by atoms with Crippen molar-refractivity contribution in [3.05, 3.63) is 71.4 Å². The minimum Gasteiger partial charge on any atom is -0.357 e. The molecule has 0 bridgehead atoms. The Bertz CT molecular complexity index is 728. The molecule has 2 nitrogen and oxygen atoms in total. The maximum atomic E-state index is 3.65. The van der Waals surface area contributed by atoms with Crippen LogP contribution in [0.4, 0.5) is 0 Å². The summed E-state index contributed by atoms with van der Waals surface area (Å²) in [6.07, 6.45) is 2.16. The molecule has 2 heterocycles. The Morgan fingerprint density at radius 2 is 1.75 bits per heavy atom. The molecule has 1 aliphatic heterocycles. The molecule has 3 aromatic rings. The zero-order valence-electron chi connectivity index (χ0n) is 11.4. The summed E-state index contributed by atoms with van der Waals surface area (Å²) >= 11 is 0. The third-order valence-electron chi connectivity index (χ3n) is 4.24. The van der Waals surface area contributed by atoms with Gasteiger partial charge in [-0.3, -0.25) is 0 Å². The van der Waals surface area contributed by atoms with E-state index in [0.717, 1.165) is 19.4 Å². The first-order valence-electron chi connectivity index (χ1n) is 7.28. The molecule has 0 saturated heterocycles. The lowest BCUT2D eigenvalue weighted by Crippen LogP contribution is -2.31. The smallest absolute Gasteiger partial charge is 0.0517 e. The van der Waals surface area contributed by atoms with Gasteiger partial charge in [0.05, 0.1) is 6.04 Å². The van der Waals surface area contributed by atoms with Crippen LogP contribution in [0.2, 0.25) is 0 Å². The van der Waals surface area contributed by atoms with Crippen molar-refractivity contribution < 1.29 is 0 Å². The molecule has 1 aliphatic rings. The predicted octanol–water partition coefficient (Wildman–Crippen LogP) is 3.60. The average molecular weight is 262 g/mol. The number of nitrogens with one attached hydrogen (secondary N) is 2. The predicted molar refractivity (Wildman–Crippen MR) is 82.9 cm³/mol. The molecular weight excluding hydrogens is 244 g/mol. The van der Waals surface area contributed by atoms with E-state index in [0.29, 0.717) is 6.04 Å².